The van der Waals surface area contributed by atoms with E-state index in [1.807, 2.05) is 18.2 Å². The van der Waals surface area contributed by atoms with E-state index in [1.54, 1.807) is 0 Å². The van der Waals surface area contributed by atoms with Gasteiger partial charge in [0.15, 0.2) is 17.5 Å². The van der Waals surface area contributed by atoms with E-state index in [0.29, 0.717) is 17.5 Å². The van der Waals surface area contributed by atoms with Crippen LogP contribution in [0.25, 0.3) is 89.1 Å². The normalized spacial score (nSPS) is 12.6. The van der Waals surface area contributed by atoms with Crippen LogP contribution in [0.1, 0.15) is 22.3 Å². The summed E-state index contributed by atoms with van der Waals surface area (Å²) in [6, 6.07) is 85.1. The van der Waals surface area contributed by atoms with E-state index in [4.69, 9.17) is 15.0 Å². The zero-order valence-corrected chi connectivity index (χ0v) is 34.4. The van der Waals surface area contributed by atoms with Gasteiger partial charge in [-0.3, -0.25) is 0 Å². The van der Waals surface area contributed by atoms with Gasteiger partial charge in [0.1, 0.15) is 0 Å². The van der Waals surface area contributed by atoms with Gasteiger partial charge < -0.3 is 0 Å². The zero-order valence-electron chi connectivity index (χ0n) is 34.4. The number of hydrogen-bond donors (Lipinski definition) is 0. The summed E-state index contributed by atoms with van der Waals surface area (Å²) in [7, 11) is 0. The molecule has 0 bridgehead atoms. The van der Waals surface area contributed by atoms with Gasteiger partial charge in [-0.2, -0.15) is 0 Å². The first kappa shape index (κ1) is 36.6. The molecule has 0 amide bonds. The van der Waals surface area contributed by atoms with Crippen molar-refractivity contribution in [2.45, 2.75) is 5.41 Å². The minimum atomic E-state index is -0.520. The molecule has 12 rings (SSSR count). The lowest BCUT2D eigenvalue weighted by atomic mass is 9.67. The van der Waals surface area contributed by atoms with Crippen LogP contribution < -0.4 is 0 Å². The second kappa shape index (κ2) is 15.0. The molecule has 0 aliphatic heterocycles. The molecule has 3 nitrogen and oxygen atoms in total. The van der Waals surface area contributed by atoms with E-state index >= 15 is 0 Å². The lowest BCUT2D eigenvalue weighted by Gasteiger charge is -2.34. The van der Waals surface area contributed by atoms with E-state index in [1.165, 1.54) is 49.5 Å². The SMILES string of the molecule is c1ccc(-c2nc(-c3cc(-c4ccc5c(c4)C(c4ccccc4)(c4ccccc4)c4ccccc4-5)cc(-c4cccc5ccccc45)c3)nc(-c3ccc4ccccc4c3)n2)cc1. The monoisotopic (exact) mass is 801 g/mol. The van der Waals surface area contributed by atoms with Crippen LogP contribution in [0.3, 0.4) is 0 Å². The van der Waals surface area contributed by atoms with Gasteiger partial charge in [-0.05, 0) is 108 Å². The molecule has 0 unspecified atom stereocenters. The summed E-state index contributed by atoms with van der Waals surface area (Å²) in [5.74, 6) is 1.88. The minimum absolute atomic E-state index is 0.520. The first-order valence-corrected chi connectivity index (χ1v) is 21.5. The molecule has 63 heavy (non-hydrogen) atoms. The van der Waals surface area contributed by atoms with Crippen molar-refractivity contribution in [3.8, 4) is 67.5 Å². The third kappa shape index (κ3) is 6.16. The summed E-state index contributed by atoms with van der Waals surface area (Å²) in [5.41, 5.74) is 14.3. The first-order valence-electron chi connectivity index (χ1n) is 21.5. The predicted molar refractivity (Wildman–Crippen MR) is 259 cm³/mol. The molecule has 1 aliphatic carbocycles. The first-order chi connectivity index (χ1) is 31.2. The quantitative estimate of drug-likeness (QED) is 0.161. The molecular weight excluding hydrogens is 763 g/mol. The molecule has 11 aromatic rings. The topological polar surface area (TPSA) is 38.7 Å². The van der Waals surface area contributed by atoms with Gasteiger partial charge >= 0.3 is 0 Å². The molecule has 0 radical (unpaired) electrons. The molecular formula is C60H39N3. The lowest BCUT2D eigenvalue weighted by molar-refractivity contribution is 0.769. The van der Waals surface area contributed by atoms with E-state index in [9.17, 15) is 0 Å². The van der Waals surface area contributed by atoms with Crippen molar-refractivity contribution in [1.82, 2.24) is 15.0 Å². The maximum absolute atomic E-state index is 5.30. The van der Waals surface area contributed by atoms with Crippen LogP contribution in [0.4, 0.5) is 0 Å². The van der Waals surface area contributed by atoms with E-state index in [2.05, 4.69) is 218 Å². The van der Waals surface area contributed by atoms with Crippen molar-refractivity contribution in [1.29, 1.82) is 0 Å². The molecule has 1 heterocycles. The molecule has 10 aromatic carbocycles. The Balaban J connectivity index is 1.12. The summed E-state index contributed by atoms with van der Waals surface area (Å²) < 4.78 is 0. The number of aromatic nitrogens is 3. The highest BCUT2D eigenvalue weighted by molar-refractivity contribution is 5.98. The fourth-order valence-corrected chi connectivity index (χ4v) is 9.86. The summed E-state index contributed by atoms with van der Waals surface area (Å²) >= 11 is 0. The highest BCUT2D eigenvalue weighted by Gasteiger charge is 2.46. The maximum Gasteiger partial charge on any atom is 0.164 e. The molecule has 1 aliphatic rings. The Morgan fingerprint density at radius 2 is 0.778 bits per heavy atom. The van der Waals surface area contributed by atoms with E-state index < -0.39 is 5.41 Å². The average molecular weight is 802 g/mol. The molecule has 0 N–H and O–H groups in total. The molecule has 0 saturated carbocycles. The highest BCUT2D eigenvalue weighted by Crippen LogP contribution is 2.56. The highest BCUT2D eigenvalue weighted by atomic mass is 15.0. The third-order valence-electron chi connectivity index (χ3n) is 12.8. The molecule has 0 atom stereocenters. The van der Waals surface area contributed by atoms with Gasteiger partial charge in [-0.25, -0.2) is 15.0 Å². The Labute approximate surface area is 366 Å². The lowest BCUT2D eigenvalue weighted by Crippen LogP contribution is -2.28. The van der Waals surface area contributed by atoms with E-state index in [0.717, 1.165) is 44.3 Å². The molecule has 1 aromatic heterocycles. The summed E-state index contributed by atoms with van der Waals surface area (Å²) in [4.78, 5) is 15.7. The number of fused-ring (bicyclic) bond motifs is 5. The number of rotatable bonds is 7. The van der Waals surface area contributed by atoms with Crippen molar-refractivity contribution in [3.63, 3.8) is 0 Å². The Morgan fingerprint density at radius 3 is 1.54 bits per heavy atom. The third-order valence-corrected chi connectivity index (χ3v) is 12.8. The molecule has 0 saturated heterocycles. The summed E-state index contributed by atoms with van der Waals surface area (Å²) in [6.45, 7) is 0. The predicted octanol–water partition coefficient (Wildman–Crippen LogP) is 14.9. The molecule has 0 fully saturated rings. The average Bonchev–Trinajstić information content (AvgIpc) is 3.67. The maximum atomic E-state index is 5.30. The Kier molecular flexibility index (Phi) is 8.72. The van der Waals surface area contributed by atoms with Crippen molar-refractivity contribution < 1.29 is 0 Å². The van der Waals surface area contributed by atoms with Crippen LogP contribution >= 0.6 is 0 Å². The number of nitrogens with zero attached hydrogens (tertiary/aromatic N) is 3. The molecule has 294 valence electrons. The summed E-state index contributed by atoms with van der Waals surface area (Å²) in [6.07, 6.45) is 0. The van der Waals surface area contributed by atoms with Crippen molar-refractivity contribution >= 4 is 21.5 Å². The standard InChI is InChI=1S/C60H39N3/c1-4-19-42(20-5-1)57-61-58(45-32-31-40-17-10-11-21-43(40)35-45)63-59(62-57)48-37-46(36-47(38-48)52-29-16-22-41-18-12-13-27-51(41)52)44-33-34-54-53-28-14-15-30-55(53)60(56(54)39-44,49-23-6-2-7-24-49)50-25-8-3-9-26-50/h1-39H. The van der Waals surface area contributed by atoms with Crippen molar-refractivity contribution in [3.05, 3.63) is 259 Å². The van der Waals surface area contributed by atoms with Gasteiger partial charge in [0, 0.05) is 16.7 Å². The molecule has 0 spiro atoms. The van der Waals surface area contributed by atoms with Crippen LogP contribution in [0, 0.1) is 0 Å². The summed E-state index contributed by atoms with van der Waals surface area (Å²) in [5, 5.41) is 4.70. The second-order valence-electron chi connectivity index (χ2n) is 16.3. The fraction of sp³-hybridized carbons (Fsp3) is 0.0167. The van der Waals surface area contributed by atoms with Gasteiger partial charge in [0.25, 0.3) is 0 Å². The Bertz CT molecular complexity index is 3460. The van der Waals surface area contributed by atoms with Gasteiger partial charge in [-0.1, -0.05) is 206 Å². The van der Waals surface area contributed by atoms with Crippen LogP contribution in [0.2, 0.25) is 0 Å². The Morgan fingerprint density at radius 1 is 0.254 bits per heavy atom. The largest absolute Gasteiger partial charge is 0.208 e. The number of hydrogen-bond acceptors (Lipinski definition) is 3. The molecule has 3 heteroatoms. The zero-order chi connectivity index (χ0) is 41.7. The second-order valence-corrected chi connectivity index (χ2v) is 16.3. The minimum Gasteiger partial charge on any atom is -0.208 e. The van der Waals surface area contributed by atoms with Gasteiger partial charge in [-0.15, -0.1) is 0 Å². The smallest absolute Gasteiger partial charge is 0.164 e. The van der Waals surface area contributed by atoms with Crippen molar-refractivity contribution in [2.24, 2.45) is 0 Å². The number of benzene rings is 10. The van der Waals surface area contributed by atoms with Crippen LogP contribution in [-0.4, -0.2) is 15.0 Å². The van der Waals surface area contributed by atoms with Crippen LogP contribution in [0.5, 0.6) is 0 Å². The van der Waals surface area contributed by atoms with Crippen molar-refractivity contribution in [2.75, 3.05) is 0 Å². The van der Waals surface area contributed by atoms with Gasteiger partial charge in [0.05, 0.1) is 5.41 Å². The van der Waals surface area contributed by atoms with Gasteiger partial charge in [0.2, 0.25) is 0 Å². The van der Waals surface area contributed by atoms with Crippen LogP contribution in [0.15, 0.2) is 237 Å². The van der Waals surface area contributed by atoms with Crippen LogP contribution in [-0.2, 0) is 5.41 Å². The Hall–Kier alpha value is -8.27. The fourth-order valence-electron chi connectivity index (χ4n) is 9.86. The van der Waals surface area contributed by atoms with E-state index in [-0.39, 0.29) is 0 Å².